The molecule has 0 bridgehead atoms. The quantitative estimate of drug-likeness (QED) is 0.774. The van der Waals surface area contributed by atoms with Gasteiger partial charge < -0.3 is 15.5 Å². The van der Waals surface area contributed by atoms with Gasteiger partial charge >= 0.3 is 0 Å². The highest BCUT2D eigenvalue weighted by Crippen LogP contribution is 2.25. The highest BCUT2D eigenvalue weighted by Gasteiger charge is 2.21. The van der Waals surface area contributed by atoms with E-state index in [9.17, 15) is 10.2 Å². The number of aliphatic hydroxyl groups is 1. The minimum Gasteiger partial charge on any atom is -0.506 e. The number of rotatable bonds is 4. The molecule has 94 valence electrons. The number of nitrogens with one attached hydrogen (secondary N) is 1. The van der Waals surface area contributed by atoms with Crippen molar-refractivity contribution in [1.82, 2.24) is 5.32 Å². The average Bonchev–Trinajstić information content (AvgIpc) is 2.70. The first-order valence-corrected chi connectivity index (χ1v) is 6.39. The third-order valence-corrected chi connectivity index (χ3v) is 3.59. The Morgan fingerprint density at radius 1 is 1.35 bits per heavy atom. The largest absolute Gasteiger partial charge is 0.506 e. The predicted octanol–water partition coefficient (Wildman–Crippen LogP) is 2.30. The molecule has 1 aliphatic carbocycles. The van der Waals surface area contributed by atoms with Crippen LogP contribution in [-0.4, -0.2) is 22.9 Å². The van der Waals surface area contributed by atoms with E-state index >= 15 is 0 Å². The van der Waals surface area contributed by atoms with E-state index in [0.29, 0.717) is 10.9 Å². The van der Waals surface area contributed by atoms with Gasteiger partial charge in [0.05, 0.1) is 11.1 Å². The van der Waals surface area contributed by atoms with E-state index in [0.717, 1.165) is 37.9 Å². The summed E-state index contributed by atoms with van der Waals surface area (Å²) in [6, 6.07) is 5.24. The standard InChI is InChI=1S/C13H18ClNO2/c14-12-6-10(2-4-13(12)17)8-15-7-9-1-3-11(16)5-9/h2,4,6,9,11,15-17H,1,3,5,7-8H2. The van der Waals surface area contributed by atoms with Crippen molar-refractivity contribution in [3.63, 3.8) is 0 Å². The van der Waals surface area contributed by atoms with Crippen LogP contribution in [0.15, 0.2) is 18.2 Å². The molecule has 1 fully saturated rings. The Bertz CT molecular complexity index is 384. The van der Waals surface area contributed by atoms with Crippen LogP contribution in [0.2, 0.25) is 5.02 Å². The normalized spacial score (nSPS) is 24.1. The lowest BCUT2D eigenvalue weighted by molar-refractivity contribution is 0.177. The summed E-state index contributed by atoms with van der Waals surface area (Å²) in [7, 11) is 0. The summed E-state index contributed by atoms with van der Waals surface area (Å²) in [6.07, 6.45) is 2.83. The van der Waals surface area contributed by atoms with E-state index in [2.05, 4.69) is 5.32 Å². The minimum atomic E-state index is -0.107. The first-order chi connectivity index (χ1) is 8.15. The van der Waals surface area contributed by atoms with Gasteiger partial charge in [-0.2, -0.15) is 0 Å². The van der Waals surface area contributed by atoms with Crippen LogP contribution in [-0.2, 0) is 6.54 Å². The molecule has 3 N–H and O–H groups in total. The van der Waals surface area contributed by atoms with Gasteiger partial charge in [-0.1, -0.05) is 17.7 Å². The SMILES string of the molecule is Oc1ccc(CNCC2CCC(O)C2)cc1Cl. The summed E-state index contributed by atoms with van der Waals surface area (Å²) >= 11 is 5.83. The molecule has 2 rings (SSSR count). The molecule has 1 aliphatic rings. The molecule has 17 heavy (non-hydrogen) atoms. The third-order valence-electron chi connectivity index (χ3n) is 3.29. The second kappa shape index (κ2) is 5.71. The maximum atomic E-state index is 9.41. The first-order valence-electron chi connectivity index (χ1n) is 6.01. The lowest BCUT2D eigenvalue weighted by Crippen LogP contribution is -2.21. The number of hydrogen-bond donors (Lipinski definition) is 3. The van der Waals surface area contributed by atoms with E-state index < -0.39 is 0 Å². The van der Waals surface area contributed by atoms with E-state index in [1.165, 1.54) is 0 Å². The Labute approximate surface area is 106 Å². The number of aromatic hydroxyl groups is 1. The number of hydrogen-bond acceptors (Lipinski definition) is 3. The van der Waals surface area contributed by atoms with Crippen LogP contribution in [0, 0.1) is 5.92 Å². The van der Waals surface area contributed by atoms with Crippen molar-refractivity contribution in [2.75, 3.05) is 6.54 Å². The Morgan fingerprint density at radius 2 is 2.18 bits per heavy atom. The lowest BCUT2D eigenvalue weighted by atomic mass is 10.1. The van der Waals surface area contributed by atoms with E-state index in [4.69, 9.17) is 11.6 Å². The van der Waals surface area contributed by atoms with Crippen LogP contribution < -0.4 is 5.32 Å². The summed E-state index contributed by atoms with van der Waals surface area (Å²) in [5.74, 6) is 0.701. The molecule has 0 heterocycles. The summed E-state index contributed by atoms with van der Waals surface area (Å²) in [4.78, 5) is 0. The zero-order chi connectivity index (χ0) is 12.3. The molecule has 4 heteroatoms. The molecule has 0 aliphatic heterocycles. The Hall–Kier alpha value is -0.770. The molecule has 2 unspecified atom stereocenters. The molecule has 0 saturated heterocycles. The zero-order valence-electron chi connectivity index (χ0n) is 9.69. The predicted molar refractivity (Wildman–Crippen MR) is 68.2 cm³/mol. The third kappa shape index (κ3) is 3.60. The van der Waals surface area contributed by atoms with Crippen LogP contribution in [0.4, 0.5) is 0 Å². The summed E-state index contributed by atoms with van der Waals surface area (Å²) in [5.41, 5.74) is 1.06. The molecule has 0 aromatic heterocycles. The van der Waals surface area contributed by atoms with Gasteiger partial charge in [-0.05, 0) is 49.4 Å². The summed E-state index contributed by atoms with van der Waals surface area (Å²) in [6.45, 7) is 1.67. The maximum Gasteiger partial charge on any atom is 0.134 e. The Balaban J connectivity index is 1.76. The number of phenolic OH excluding ortho intramolecular Hbond substituents is 1. The van der Waals surface area contributed by atoms with Crippen molar-refractivity contribution in [1.29, 1.82) is 0 Å². The monoisotopic (exact) mass is 255 g/mol. The molecule has 3 nitrogen and oxygen atoms in total. The van der Waals surface area contributed by atoms with Crippen molar-refractivity contribution >= 4 is 11.6 Å². The van der Waals surface area contributed by atoms with Crippen molar-refractivity contribution in [3.8, 4) is 5.75 Å². The van der Waals surface area contributed by atoms with Crippen molar-refractivity contribution < 1.29 is 10.2 Å². The molecular weight excluding hydrogens is 238 g/mol. The van der Waals surface area contributed by atoms with Crippen LogP contribution in [0.3, 0.4) is 0 Å². The Morgan fingerprint density at radius 3 is 2.82 bits per heavy atom. The molecule has 1 aromatic carbocycles. The molecular formula is C13H18ClNO2. The number of aliphatic hydroxyl groups excluding tert-OH is 1. The topological polar surface area (TPSA) is 52.5 Å². The fourth-order valence-electron chi connectivity index (χ4n) is 2.31. The number of phenols is 1. The van der Waals surface area contributed by atoms with E-state index in [-0.39, 0.29) is 11.9 Å². The maximum absolute atomic E-state index is 9.41. The number of halogens is 1. The van der Waals surface area contributed by atoms with E-state index in [1.54, 1.807) is 12.1 Å². The minimum absolute atomic E-state index is 0.107. The van der Waals surface area contributed by atoms with Gasteiger partial charge in [0.2, 0.25) is 0 Å². The molecule has 1 saturated carbocycles. The first kappa shape index (κ1) is 12.7. The highest BCUT2D eigenvalue weighted by atomic mass is 35.5. The molecule has 0 radical (unpaired) electrons. The van der Waals surface area contributed by atoms with Gasteiger partial charge in [-0.15, -0.1) is 0 Å². The number of benzene rings is 1. The van der Waals surface area contributed by atoms with Crippen LogP contribution in [0.5, 0.6) is 5.75 Å². The van der Waals surface area contributed by atoms with Gasteiger partial charge in [0.15, 0.2) is 0 Å². The summed E-state index contributed by atoms with van der Waals surface area (Å²) in [5, 5.41) is 22.4. The zero-order valence-corrected chi connectivity index (χ0v) is 10.5. The van der Waals surface area contributed by atoms with E-state index in [1.807, 2.05) is 6.07 Å². The fourth-order valence-corrected chi connectivity index (χ4v) is 2.52. The van der Waals surface area contributed by atoms with Gasteiger partial charge in [-0.25, -0.2) is 0 Å². The van der Waals surface area contributed by atoms with Crippen molar-refractivity contribution in [2.45, 2.75) is 31.9 Å². The highest BCUT2D eigenvalue weighted by molar-refractivity contribution is 6.32. The second-order valence-electron chi connectivity index (χ2n) is 4.75. The van der Waals surface area contributed by atoms with Gasteiger partial charge in [-0.3, -0.25) is 0 Å². The molecule has 2 atom stereocenters. The van der Waals surface area contributed by atoms with Gasteiger partial charge in [0.25, 0.3) is 0 Å². The molecule has 1 aromatic rings. The van der Waals surface area contributed by atoms with Crippen molar-refractivity contribution in [2.24, 2.45) is 5.92 Å². The van der Waals surface area contributed by atoms with Crippen LogP contribution in [0.1, 0.15) is 24.8 Å². The van der Waals surface area contributed by atoms with Crippen LogP contribution in [0.25, 0.3) is 0 Å². The second-order valence-corrected chi connectivity index (χ2v) is 5.16. The fraction of sp³-hybridized carbons (Fsp3) is 0.538. The van der Waals surface area contributed by atoms with Gasteiger partial charge in [0, 0.05) is 6.54 Å². The molecule has 0 amide bonds. The summed E-state index contributed by atoms with van der Waals surface area (Å²) < 4.78 is 0. The molecule has 0 spiro atoms. The van der Waals surface area contributed by atoms with Crippen LogP contribution >= 0.6 is 11.6 Å². The Kier molecular flexibility index (Phi) is 4.26. The van der Waals surface area contributed by atoms with Crippen molar-refractivity contribution in [3.05, 3.63) is 28.8 Å². The van der Waals surface area contributed by atoms with Gasteiger partial charge in [0.1, 0.15) is 5.75 Å². The average molecular weight is 256 g/mol. The smallest absolute Gasteiger partial charge is 0.134 e. The lowest BCUT2D eigenvalue weighted by Gasteiger charge is -2.11.